The second-order valence-corrected chi connectivity index (χ2v) is 6.18. The number of methoxy groups -OCH3 is 2. The first-order valence-electron chi connectivity index (χ1n) is 8.13. The molecular formula is C18H29NO2. The zero-order chi connectivity index (χ0) is 15.2. The summed E-state index contributed by atoms with van der Waals surface area (Å²) < 4.78 is 10.8. The summed E-state index contributed by atoms with van der Waals surface area (Å²) in [5, 5.41) is 3.76. The first-order chi connectivity index (χ1) is 10.2. The molecule has 1 N–H and O–H groups in total. The predicted octanol–water partition coefficient (Wildman–Crippen LogP) is 4.32. The molecule has 118 valence electrons. The Hall–Kier alpha value is -1.22. The number of hydrogen-bond acceptors (Lipinski definition) is 3. The van der Waals surface area contributed by atoms with E-state index in [9.17, 15) is 0 Å². The van der Waals surface area contributed by atoms with Gasteiger partial charge in [-0.15, -0.1) is 0 Å². The van der Waals surface area contributed by atoms with Crippen LogP contribution >= 0.6 is 0 Å². The van der Waals surface area contributed by atoms with E-state index in [1.165, 1.54) is 37.7 Å². The van der Waals surface area contributed by atoms with Crippen LogP contribution in [0.3, 0.4) is 0 Å². The molecule has 0 radical (unpaired) electrons. The fourth-order valence-corrected chi connectivity index (χ4v) is 3.43. The molecule has 0 amide bonds. The van der Waals surface area contributed by atoms with Gasteiger partial charge < -0.3 is 14.8 Å². The first-order valence-corrected chi connectivity index (χ1v) is 8.13. The minimum atomic E-state index is 0.256. The van der Waals surface area contributed by atoms with E-state index in [2.05, 4.69) is 25.2 Å². The highest BCUT2D eigenvalue weighted by atomic mass is 16.5. The Bertz CT molecular complexity index is 441. The monoisotopic (exact) mass is 291 g/mol. The van der Waals surface area contributed by atoms with Crippen LogP contribution in [-0.4, -0.2) is 20.3 Å². The maximum absolute atomic E-state index is 5.50. The number of ether oxygens (including phenoxy) is 2. The topological polar surface area (TPSA) is 30.5 Å². The van der Waals surface area contributed by atoms with Gasteiger partial charge in [0.25, 0.3) is 0 Å². The Kier molecular flexibility index (Phi) is 5.92. The fourth-order valence-electron chi connectivity index (χ4n) is 3.43. The van der Waals surface area contributed by atoms with Gasteiger partial charge in [0.05, 0.1) is 14.2 Å². The molecular weight excluding hydrogens is 262 g/mol. The number of rotatable bonds is 6. The standard InChI is InChI=1S/C18H29NO2/c1-13(15-8-6-5-7-9-15)19-14(2)17-12-16(20-3)10-11-18(17)21-4/h10-15,19H,5-9H2,1-4H3. The Morgan fingerprint density at radius 1 is 1.05 bits per heavy atom. The molecule has 1 aliphatic rings. The van der Waals surface area contributed by atoms with Gasteiger partial charge in [-0.3, -0.25) is 0 Å². The van der Waals surface area contributed by atoms with Crippen LogP contribution in [0, 0.1) is 5.92 Å². The summed E-state index contributed by atoms with van der Waals surface area (Å²) in [6.07, 6.45) is 6.88. The Morgan fingerprint density at radius 2 is 1.76 bits per heavy atom. The largest absolute Gasteiger partial charge is 0.497 e. The quantitative estimate of drug-likeness (QED) is 0.846. The van der Waals surface area contributed by atoms with Crippen molar-refractivity contribution in [2.75, 3.05) is 14.2 Å². The van der Waals surface area contributed by atoms with Crippen molar-refractivity contribution >= 4 is 0 Å². The number of nitrogens with one attached hydrogen (secondary N) is 1. The highest BCUT2D eigenvalue weighted by Crippen LogP contribution is 2.31. The van der Waals surface area contributed by atoms with Crippen LogP contribution in [0.4, 0.5) is 0 Å². The summed E-state index contributed by atoms with van der Waals surface area (Å²) in [4.78, 5) is 0. The van der Waals surface area contributed by atoms with E-state index in [-0.39, 0.29) is 6.04 Å². The molecule has 0 saturated heterocycles. The van der Waals surface area contributed by atoms with Crippen LogP contribution in [0.5, 0.6) is 11.5 Å². The van der Waals surface area contributed by atoms with Gasteiger partial charge >= 0.3 is 0 Å². The fraction of sp³-hybridized carbons (Fsp3) is 0.667. The average Bonchev–Trinajstić information content (AvgIpc) is 2.54. The second kappa shape index (κ2) is 7.69. The normalized spacial score (nSPS) is 19.0. The molecule has 1 saturated carbocycles. The SMILES string of the molecule is COc1ccc(OC)c(C(C)NC(C)C2CCCCC2)c1. The van der Waals surface area contributed by atoms with Crippen molar-refractivity contribution in [2.24, 2.45) is 5.92 Å². The minimum Gasteiger partial charge on any atom is -0.497 e. The third-order valence-electron chi connectivity index (χ3n) is 4.77. The van der Waals surface area contributed by atoms with Crippen molar-refractivity contribution in [1.29, 1.82) is 0 Å². The lowest BCUT2D eigenvalue weighted by molar-refractivity contribution is 0.266. The lowest BCUT2D eigenvalue weighted by Crippen LogP contribution is -2.36. The third-order valence-corrected chi connectivity index (χ3v) is 4.77. The lowest BCUT2D eigenvalue weighted by Gasteiger charge is -2.31. The summed E-state index contributed by atoms with van der Waals surface area (Å²) >= 11 is 0. The molecule has 0 spiro atoms. The van der Waals surface area contributed by atoms with E-state index in [0.29, 0.717) is 6.04 Å². The summed E-state index contributed by atoms with van der Waals surface area (Å²) in [5.74, 6) is 2.61. The van der Waals surface area contributed by atoms with E-state index in [1.54, 1.807) is 14.2 Å². The van der Waals surface area contributed by atoms with Gasteiger partial charge in [0, 0.05) is 17.6 Å². The van der Waals surface area contributed by atoms with Gasteiger partial charge in [-0.05, 0) is 50.8 Å². The molecule has 0 aromatic heterocycles. The molecule has 1 aliphatic carbocycles. The molecule has 2 rings (SSSR count). The van der Waals surface area contributed by atoms with Crippen molar-refractivity contribution < 1.29 is 9.47 Å². The molecule has 2 unspecified atom stereocenters. The van der Waals surface area contributed by atoms with Gasteiger partial charge in [-0.25, -0.2) is 0 Å². The average molecular weight is 291 g/mol. The number of benzene rings is 1. The van der Waals surface area contributed by atoms with Crippen molar-refractivity contribution in [3.8, 4) is 11.5 Å². The molecule has 3 nitrogen and oxygen atoms in total. The molecule has 3 heteroatoms. The zero-order valence-corrected chi connectivity index (χ0v) is 13.8. The smallest absolute Gasteiger partial charge is 0.123 e. The van der Waals surface area contributed by atoms with Crippen LogP contribution in [0.2, 0.25) is 0 Å². The number of hydrogen-bond donors (Lipinski definition) is 1. The van der Waals surface area contributed by atoms with Crippen molar-refractivity contribution in [3.63, 3.8) is 0 Å². The molecule has 0 bridgehead atoms. The molecule has 0 aliphatic heterocycles. The maximum Gasteiger partial charge on any atom is 0.123 e. The molecule has 2 atom stereocenters. The van der Waals surface area contributed by atoms with E-state index in [1.807, 2.05) is 12.1 Å². The Balaban J connectivity index is 2.06. The van der Waals surface area contributed by atoms with Crippen LogP contribution in [-0.2, 0) is 0 Å². The Labute approximate surface area is 129 Å². The van der Waals surface area contributed by atoms with Gasteiger partial charge in [-0.1, -0.05) is 19.3 Å². The van der Waals surface area contributed by atoms with E-state index >= 15 is 0 Å². The van der Waals surface area contributed by atoms with Crippen molar-refractivity contribution in [1.82, 2.24) is 5.32 Å². The third kappa shape index (κ3) is 4.13. The summed E-state index contributed by atoms with van der Waals surface area (Å²) in [5.41, 5.74) is 1.17. The molecule has 1 aromatic rings. The van der Waals surface area contributed by atoms with Crippen molar-refractivity contribution in [3.05, 3.63) is 23.8 Å². The van der Waals surface area contributed by atoms with Crippen LogP contribution < -0.4 is 14.8 Å². The lowest BCUT2D eigenvalue weighted by atomic mass is 9.84. The molecule has 0 heterocycles. The van der Waals surface area contributed by atoms with Crippen LogP contribution in [0.1, 0.15) is 57.6 Å². The zero-order valence-electron chi connectivity index (χ0n) is 13.8. The second-order valence-electron chi connectivity index (χ2n) is 6.18. The van der Waals surface area contributed by atoms with Gasteiger partial charge in [0.1, 0.15) is 11.5 Å². The van der Waals surface area contributed by atoms with Gasteiger partial charge in [0.2, 0.25) is 0 Å². The van der Waals surface area contributed by atoms with E-state index in [4.69, 9.17) is 9.47 Å². The van der Waals surface area contributed by atoms with Gasteiger partial charge in [0.15, 0.2) is 0 Å². The molecule has 21 heavy (non-hydrogen) atoms. The first kappa shape index (κ1) is 16.2. The van der Waals surface area contributed by atoms with Crippen molar-refractivity contribution in [2.45, 2.75) is 58.0 Å². The van der Waals surface area contributed by atoms with E-state index < -0.39 is 0 Å². The van der Waals surface area contributed by atoms with E-state index in [0.717, 1.165) is 17.4 Å². The highest BCUT2D eigenvalue weighted by Gasteiger charge is 2.22. The highest BCUT2D eigenvalue weighted by molar-refractivity contribution is 5.42. The molecule has 1 aromatic carbocycles. The minimum absolute atomic E-state index is 0.256. The Morgan fingerprint density at radius 3 is 2.38 bits per heavy atom. The summed E-state index contributed by atoms with van der Waals surface area (Å²) in [6, 6.07) is 6.80. The summed E-state index contributed by atoms with van der Waals surface area (Å²) in [6.45, 7) is 4.52. The van der Waals surface area contributed by atoms with Crippen LogP contribution in [0.15, 0.2) is 18.2 Å². The summed E-state index contributed by atoms with van der Waals surface area (Å²) in [7, 11) is 3.43. The maximum atomic E-state index is 5.50. The predicted molar refractivity (Wildman–Crippen MR) is 87.1 cm³/mol. The van der Waals surface area contributed by atoms with Crippen LogP contribution in [0.25, 0.3) is 0 Å². The van der Waals surface area contributed by atoms with Gasteiger partial charge in [-0.2, -0.15) is 0 Å². The molecule has 1 fully saturated rings.